The van der Waals surface area contributed by atoms with Gasteiger partial charge in [-0.05, 0) is 74.4 Å². The Balaban J connectivity index is 2.06. The molecule has 202 valence electrons. The number of anilines is 2. The molecule has 0 aliphatic heterocycles. The molecule has 5 N–H and O–H groups in total. The Morgan fingerprint density at radius 2 is 1.78 bits per heavy atom. The third-order valence-electron chi connectivity index (χ3n) is 8.19. The van der Waals surface area contributed by atoms with Crippen LogP contribution in [0.15, 0.2) is 30.3 Å². The highest BCUT2D eigenvalue weighted by Gasteiger charge is 2.40. The van der Waals surface area contributed by atoms with E-state index in [0.29, 0.717) is 31.6 Å². The number of aryl methyl sites for hydroxylation is 1. The van der Waals surface area contributed by atoms with E-state index < -0.39 is 22.9 Å². The molecule has 0 heterocycles. The maximum atomic E-state index is 12.6. The summed E-state index contributed by atoms with van der Waals surface area (Å²) in [6.07, 6.45) is 4.46. The lowest BCUT2D eigenvalue weighted by Crippen LogP contribution is -2.46. The lowest BCUT2D eigenvalue weighted by Gasteiger charge is -2.37. The van der Waals surface area contributed by atoms with Gasteiger partial charge in [-0.3, -0.25) is 9.59 Å². The van der Waals surface area contributed by atoms with Gasteiger partial charge in [-0.15, -0.1) is 0 Å². The normalized spacial score (nSPS) is 16.2. The van der Waals surface area contributed by atoms with Crippen LogP contribution in [-0.2, 0) is 16.1 Å². The summed E-state index contributed by atoms with van der Waals surface area (Å²) in [6.45, 7) is 9.60. The molecule has 2 aromatic rings. The highest BCUT2D eigenvalue weighted by atomic mass is 16.4. The number of nitrogen functional groups attached to an aromatic ring is 1. The minimum Gasteiger partial charge on any atom is -0.481 e. The van der Waals surface area contributed by atoms with Crippen molar-refractivity contribution in [3.8, 4) is 0 Å². The molecule has 0 radical (unpaired) electrons. The number of amides is 1. The van der Waals surface area contributed by atoms with Crippen LogP contribution >= 0.6 is 0 Å². The van der Waals surface area contributed by atoms with Gasteiger partial charge in [0, 0.05) is 33.0 Å². The summed E-state index contributed by atoms with van der Waals surface area (Å²) in [5, 5.41) is 24.4. The fourth-order valence-corrected chi connectivity index (χ4v) is 5.63. The van der Waals surface area contributed by atoms with Gasteiger partial charge in [0.1, 0.15) is 0 Å². The van der Waals surface area contributed by atoms with E-state index in [-0.39, 0.29) is 5.91 Å². The lowest BCUT2D eigenvalue weighted by atomic mass is 9.69. The highest BCUT2D eigenvalue weighted by Crippen LogP contribution is 2.45. The maximum Gasteiger partial charge on any atom is 0.310 e. The van der Waals surface area contributed by atoms with Crippen molar-refractivity contribution >= 4 is 23.3 Å². The number of aliphatic carboxylic acids is 1. The predicted molar refractivity (Wildman–Crippen MR) is 149 cm³/mol. The van der Waals surface area contributed by atoms with Crippen LogP contribution in [0.5, 0.6) is 0 Å². The van der Waals surface area contributed by atoms with Gasteiger partial charge in [0.15, 0.2) is 0 Å². The molecule has 1 amide bonds. The standard InChI is InChI=1S/C30H43N3O4/c1-19-10-11-22(16-23(19)17-33(21(3)34)18-30(37)14-8-7-9-15-30)26(29(4,5)28(35)36)24-12-13-25(32-6)27(31)20(24)2/h10-13,16,26,32,37H,7-9,14-15,17-18,31H2,1-6H3,(H,35,36). The Bertz CT molecular complexity index is 1150. The summed E-state index contributed by atoms with van der Waals surface area (Å²) in [4.78, 5) is 26.8. The van der Waals surface area contributed by atoms with E-state index in [1.54, 1.807) is 25.8 Å². The molecule has 1 aliphatic rings. The Labute approximate surface area is 221 Å². The molecule has 0 aromatic heterocycles. The van der Waals surface area contributed by atoms with E-state index in [2.05, 4.69) is 5.32 Å². The number of carboxylic acids is 1. The molecule has 3 rings (SSSR count). The van der Waals surface area contributed by atoms with E-state index in [1.807, 2.05) is 44.2 Å². The molecule has 0 bridgehead atoms. The molecule has 0 saturated heterocycles. The molecular formula is C30H43N3O4. The number of carboxylic acid groups (broad SMARTS) is 1. The van der Waals surface area contributed by atoms with Crippen LogP contribution in [0.4, 0.5) is 11.4 Å². The van der Waals surface area contributed by atoms with Gasteiger partial charge >= 0.3 is 5.97 Å². The zero-order valence-corrected chi connectivity index (χ0v) is 23.1. The van der Waals surface area contributed by atoms with Crippen molar-refractivity contribution in [3.05, 3.63) is 58.1 Å². The molecule has 1 fully saturated rings. The van der Waals surface area contributed by atoms with Crippen molar-refractivity contribution in [2.75, 3.05) is 24.6 Å². The summed E-state index contributed by atoms with van der Waals surface area (Å²) < 4.78 is 0. The molecule has 37 heavy (non-hydrogen) atoms. The third kappa shape index (κ3) is 6.09. The van der Waals surface area contributed by atoms with Gasteiger partial charge in [-0.2, -0.15) is 0 Å². The maximum absolute atomic E-state index is 12.6. The zero-order chi connectivity index (χ0) is 27.5. The number of aliphatic hydroxyl groups is 1. The summed E-state index contributed by atoms with van der Waals surface area (Å²) in [7, 11) is 1.81. The van der Waals surface area contributed by atoms with Crippen LogP contribution in [0.2, 0.25) is 0 Å². The molecule has 1 unspecified atom stereocenters. The number of rotatable bonds is 9. The van der Waals surface area contributed by atoms with Gasteiger partial charge in [0.2, 0.25) is 5.91 Å². The number of nitrogens with zero attached hydrogens (tertiary/aromatic N) is 1. The first-order chi connectivity index (χ1) is 17.3. The first-order valence-electron chi connectivity index (χ1n) is 13.2. The largest absolute Gasteiger partial charge is 0.481 e. The monoisotopic (exact) mass is 509 g/mol. The van der Waals surface area contributed by atoms with Gasteiger partial charge in [-0.1, -0.05) is 43.5 Å². The highest BCUT2D eigenvalue weighted by molar-refractivity contribution is 5.78. The minimum atomic E-state index is -1.12. The van der Waals surface area contributed by atoms with E-state index >= 15 is 0 Å². The van der Waals surface area contributed by atoms with Crippen molar-refractivity contribution in [2.24, 2.45) is 5.41 Å². The van der Waals surface area contributed by atoms with Crippen LogP contribution in [-0.4, -0.2) is 46.2 Å². The van der Waals surface area contributed by atoms with Gasteiger partial charge in [-0.25, -0.2) is 0 Å². The van der Waals surface area contributed by atoms with E-state index in [0.717, 1.165) is 52.8 Å². The average molecular weight is 510 g/mol. The fourth-order valence-electron chi connectivity index (χ4n) is 5.63. The average Bonchev–Trinajstić information content (AvgIpc) is 2.83. The summed E-state index contributed by atoms with van der Waals surface area (Å²) in [5.41, 5.74) is 10.3. The Hall–Kier alpha value is -3.06. The second-order valence-electron chi connectivity index (χ2n) is 11.3. The molecular weight excluding hydrogens is 466 g/mol. The van der Waals surface area contributed by atoms with E-state index in [4.69, 9.17) is 5.73 Å². The fraction of sp³-hybridized carbons (Fsp3) is 0.533. The van der Waals surface area contributed by atoms with Gasteiger partial charge in [0.25, 0.3) is 0 Å². The summed E-state index contributed by atoms with van der Waals surface area (Å²) >= 11 is 0. The van der Waals surface area contributed by atoms with Crippen LogP contribution in [0.1, 0.15) is 86.6 Å². The number of hydrogen-bond acceptors (Lipinski definition) is 5. The number of hydrogen-bond donors (Lipinski definition) is 4. The summed E-state index contributed by atoms with van der Waals surface area (Å²) in [5.74, 6) is -1.46. The van der Waals surface area contributed by atoms with Gasteiger partial charge < -0.3 is 26.2 Å². The SMILES string of the molecule is CNc1ccc(C(c2ccc(C)c(CN(CC3(O)CCCCC3)C(C)=O)c2)C(C)(C)C(=O)O)c(C)c1N. The molecule has 7 nitrogen and oxygen atoms in total. The smallest absolute Gasteiger partial charge is 0.310 e. The molecule has 2 aromatic carbocycles. The lowest BCUT2D eigenvalue weighted by molar-refractivity contribution is -0.147. The van der Waals surface area contributed by atoms with Crippen molar-refractivity contribution in [3.63, 3.8) is 0 Å². The number of nitrogens with two attached hydrogens (primary N) is 1. The number of benzene rings is 2. The topological polar surface area (TPSA) is 116 Å². The first-order valence-corrected chi connectivity index (χ1v) is 13.2. The van der Waals surface area contributed by atoms with Crippen LogP contribution < -0.4 is 11.1 Å². The van der Waals surface area contributed by atoms with Gasteiger partial charge in [0.05, 0.1) is 22.4 Å². The Morgan fingerprint density at radius 3 is 2.35 bits per heavy atom. The molecule has 0 spiro atoms. The molecule has 1 saturated carbocycles. The zero-order valence-electron chi connectivity index (χ0n) is 23.1. The second kappa shape index (κ2) is 11.1. The van der Waals surface area contributed by atoms with Crippen LogP contribution in [0.25, 0.3) is 0 Å². The number of carbonyl (C=O) groups is 2. The van der Waals surface area contributed by atoms with E-state index in [9.17, 15) is 19.8 Å². The third-order valence-corrected chi connectivity index (χ3v) is 8.19. The Morgan fingerprint density at radius 1 is 1.14 bits per heavy atom. The number of carbonyl (C=O) groups excluding carboxylic acids is 1. The molecule has 7 heteroatoms. The predicted octanol–water partition coefficient (Wildman–Crippen LogP) is 5.21. The Kier molecular flexibility index (Phi) is 8.58. The van der Waals surface area contributed by atoms with Crippen molar-refractivity contribution < 1.29 is 19.8 Å². The summed E-state index contributed by atoms with van der Waals surface area (Å²) in [6, 6.07) is 9.83. The molecule has 1 atom stereocenters. The molecule has 1 aliphatic carbocycles. The first kappa shape index (κ1) is 28.5. The van der Waals surface area contributed by atoms with E-state index in [1.165, 1.54) is 6.92 Å². The van der Waals surface area contributed by atoms with Crippen molar-refractivity contribution in [2.45, 2.75) is 84.8 Å². The quantitative estimate of drug-likeness (QED) is 0.345. The minimum absolute atomic E-state index is 0.0857. The van der Waals surface area contributed by atoms with Crippen LogP contribution in [0, 0.1) is 19.3 Å². The van der Waals surface area contributed by atoms with Crippen molar-refractivity contribution in [1.29, 1.82) is 0 Å². The van der Waals surface area contributed by atoms with Crippen molar-refractivity contribution in [1.82, 2.24) is 4.90 Å². The second-order valence-corrected chi connectivity index (χ2v) is 11.3. The number of nitrogens with one attached hydrogen (secondary N) is 1. The van der Waals surface area contributed by atoms with Crippen LogP contribution in [0.3, 0.4) is 0 Å².